The van der Waals surface area contributed by atoms with Crippen LogP contribution in [-0.4, -0.2) is 11.5 Å². The van der Waals surface area contributed by atoms with Crippen molar-refractivity contribution >= 4 is 27.3 Å². The predicted octanol–water partition coefficient (Wildman–Crippen LogP) is 4.02. The van der Waals surface area contributed by atoms with Crippen molar-refractivity contribution in [3.05, 3.63) is 39.1 Å². The third-order valence-corrected chi connectivity index (χ3v) is 4.27. The first-order valence-electron chi connectivity index (χ1n) is 5.66. The van der Waals surface area contributed by atoms with Crippen LogP contribution >= 0.6 is 27.3 Å². The second-order valence-corrected chi connectivity index (χ2v) is 5.73. The molecule has 1 heterocycles. The lowest BCUT2D eigenvalue weighted by atomic mass is 10.1. The minimum atomic E-state index is 0.390. The number of thiazole rings is 1. The Morgan fingerprint density at radius 2 is 2.29 bits per heavy atom. The van der Waals surface area contributed by atoms with Gasteiger partial charge in [-0.3, -0.25) is 0 Å². The van der Waals surface area contributed by atoms with Gasteiger partial charge in [-0.15, -0.1) is 11.3 Å². The SMILES string of the molecule is CCC(CN)c1nc(-c2cccc(Br)c2)cs1. The van der Waals surface area contributed by atoms with Crippen LogP contribution in [0.5, 0.6) is 0 Å². The van der Waals surface area contributed by atoms with Gasteiger partial charge < -0.3 is 5.73 Å². The van der Waals surface area contributed by atoms with Crippen molar-refractivity contribution in [2.75, 3.05) is 6.54 Å². The average Bonchev–Trinajstić information content (AvgIpc) is 2.80. The molecule has 1 aromatic heterocycles. The molecule has 2 N–H and O–H groups in total. The van der Waals surface area contributed by atoms with Crippen molar-refractivity contribution in [1.82, 2.24) is 4.98 Å². The number of nitrogens with zero attached hydrogens (tertiary/aromatic N) is 1. The standard InChI is InChI=1S/C13H15BrN2S/c1-2-9(7-15)13-16-12(8-17-13)10-4-3-5-11(14)6-10/h3-6,8-9H,2,7,15H2,1H3. The van der Waals surface area contributed by atoms with E-state index in [1.165, 1.54) is 0 Å². The van der Waals surface area contributed by atoms with Crippen molar-refractivity contribution in [3.63, 3.8) is 0 Å². The van der Waals surface area contributed by atoms with Crippen molar-refractivity contribution < 1.29 is 0 Å². The van der Waals surface area contributed by atoms with Crippen molar-refractivity contribution in [3.8, 4) is 11.3 Å². The van der Waals surface area contributed by atoms with Crippen molar-refractivity contribution in [2.45, 2.75) is 19.3 Å². The largest absolute Gasteiger partial charge is 0.330 e. The second-order valence-electron chi connectivity index (χ2n) is 3.92. The molecule has 4 heteroatoms. The van der Waals surface area contributed by atoms with Gasteiger partial charge >= 0.3 is 0 Å². The van der Waals surface area contributed by atoms with Crippen LogP contribution in [0.4, 0.5) is 0 Å². The molecule has 2 nitrogen and oxygen atoms in total. The molecule has 0 radical (unpaired) electrons. The van der Waals surface area contributed by atoms with Crippen molar-refractivity contribution in [1.29, 1.82) is 0 Å². The minimum Gasteiger partial charge on any atom is -0.330 e. The first kappa shape index (κ1) is 12.7. The zero-order valence-electron chi connectivity index (χ0n) is 9.69. The van der Waals surface area contributed by atoms with E-state index in [2.05, 4.69) is 45.4 Å². The molecule has 2 rings (SSSR count). The molecule has 0 aliphatic rings. The third kappa shape index (κ3) is 2.94. The fourth-order valence-corrected chi connectivity index (χ4v) is 3.12. The van der Waals surface area contributed by atoms with Crippen LogP contribution in [0.1, 0.15) is 24.3 Å². The molecule has 1 aromatic carbocycles. The Hall–Kier alpha value is -0.710. The topological polar surface area (TPSA) is 38.9 Å². The van der Waals surface area contributed by atoms with E-state index < -0.39 is 0 Å². The second kappa shape index (κ2) is 5.76. The van der Waals surface area contributed by atoms with E-state index >= 15 is 0 Å². The summed E-state index contributed by atoms with van der Waals surface area (Å²) in [5.41, 5.74) is 7.93. The van der Waals surface area contributed by atoms with Crippen LogP contribution in [0.15, 0.2) is 34.1 Å². The minimum absolute atomic E-state index is 0.390. The van der Waals surface area contributed by atoms with Gasteiger partial charge in [-0.05, 0) is 18.6 Å². The number of benzene rings is 1. The lowest BCUT2D eigenvalue weighted by molar-refractivity contribution is 0.670. The van der Waals surface area contributed by atoms with Gasteiger partial charge in [0.1, 0.15) is 0 Å². The summed E-state index contributed by atoms with van der Waals surface area (Å²) >= 11 is 5.18. The molecule has 0 saturated carbocycles. The summed E-state index contributed by atoms with van der Waals surface area (Å²) in [5.74, 6) is 0.390. The number of aromatic nitrogens is 1. The van der Waals surface area contributed by atoms with Gasteiger partial charge in [0.25, 0.3) is 0 Å². The van der Waals surface area contributed by atoms with E-state index in [0.717, 1.165) is 27.2 Å². The number of halogens is 1. The molecule has 0 aliphatic heterocycles. The summed E-state index contributed by atoms with van der Waals surface area (Å²) in [4.78, 5) is 4.68. The summed E-state index contributed by atoms with van der Waals surface area (Å²) in [6.45, 7) is 2.82. The fraction of sp³-hybridized carbons (Fsp3) is 0.308. The number of rotatable bonds is 4. The Morgan fingerprint density at radius 1 is 1.47 bits per heavy atom. The van der Waals surface area contributed by atoms with E-state index in [1.54, 1.807) is 11.3 Å². The maximum Gasteiger partial charge on any atom is 0.0976 e. The van der Waals surface area contributed by atoms with Gasteiger partial charge in [0.2, 0.25) is 0 Å². The highest BCUT2D eigenvalue weighted by atomic mass is 79.9. The zero-order valence-corrected chi connectivity index (χ0v) is 12.1. The van der Waals surface area contributed by atoms with Crippen LogP contribution in [-0.2, 0) is 0 Å². The highest BCUT2D eigenvalue weighted by molar-refractivity contribution is 9.10. The highest BCUT2D eigenvalue weighted by Crippen LogP contribution is 2.28. The molecule has 0 aliphatic carbocycles. The first-order chi connectivity index (χ1) is 8.24. The van der Waals surface area contributed by atoms with E-state index in [-0.39, 0.29) is 0 Å². The Balaban J connectivity index is 2.29. The number of hydrogen-bond acceptors (Lipinski definition) is 3. The molecule has 0 saturated heterocycles. The molecule has 1 atom stereocenters. The van der Waals surface area contributed by atoms with E-state index in [9.17, 15) is 0 Å². The normalized spacial score (nSPS) is 12.6. The van der Waals surface area contributed by atoms with Gasteiger partial charge in [-0.25, -0.2) is 4.98 Å². The van der Waals surface area contributed by atoms with Crippen LogP contribution < -0.4 is 5.73 Å². The molecule has 2 aromatic rings. The Morgan fingerprint density at radius 3 is 2.94 bits per heavy atom. The molecule has 0 fully saturated rings. The maximum absolute atomic E-state index is 5.75. The monoisotopic (exact) mass is 310 g/mol. The first-order valence-corrected chi connectivity index (χ1v) is 7.33. The fourth-order valence-electron chi connectivity index (χ4n) is 1.70. The molecule has 0 spiro atoms. The number of hydrogen-bond donors (Lipinski definition) is 1. The Bertz CT molecular complexity index is 492. The molecule has 0 bridgehead atoms. The summed E-state index contributed by atoms with van der Waals surface area (Å²) < 4.78 is 1.08. The summed E-state index contributed by atoms with van der Waals surface area (Å²) in [5, 5.41) is 3.25. The van der Waals surface area contributed by atoms with Gasteiger partial charge in [-0.1, -0.05) is 35.0 Å². The van der Waals surface area contributed by atoms with Gasteiger partial charge in [0.05, 0.1) is 10.7 Å². The van der Waals surface area contributed by atoms with E-state index in [0.29, 0.717) is 12.5 Å². The number of nitrogens with two attached hydrogens (primary N) is 1. The summed E-state index contributed by atoms with van der Waals surface area (Å²) in [6.07, 6.45) is 1.04. The third-order valence-electron chi connectivity index (χ3n) is 2.77. The lowest BCUT2D eigenvalue weighted by Gasteiger charge is -2.07. The van der Waals surface area contributed by atoms with Crippen molar-refractivity contribution in [2.24, 2.45) is 5.73 Å². The summed E-state index contributed by atoms with van der Waals surface area (Å²) in [6, 6.07) is 8.21. The van der Waals surface area contributed by atoms with Gasteiger partial charge in [-0.2, -0.15) is 0 Å². The van der Waals surface area contributed by atoms with E-state index in [1.807, 2.05) is 12.1 Å². The van der Waals surface area contributed by atoms with Gasteiger partial charge in [0.15, 0.2) is 0 Å². The van der Waals surface area contributed by atoms with E-state index in [4.69, 9.17) is 5.73 Å². The molecule has 0 amide bonds. The maximum atomic E-state index is 5.75. The summed E-state index contributed by atoms with van der Waals surface area (Å²) in [7, 11) is 0. The quantitative estimate of drug-likeness (QED) is 0.926. The van der Waals surface area contributed by atoms with Crippen LogP contribution in [0, 0.1) is 0 Å². The molecule has 90 valence electrons. The van der Waals surface area contributed by atoms with Crippen LogP contribution in [0.25, 0.3) is 11.3 Å². The Labute approximate surface area is 114 Å². The van der Waals surface area contributed by atoms with Crippen LogP contribution in [0.3, 0.4) is 0 Å². The molecular formula is C13H15BrN2S. The molecular weight excluding hydrogens is 296 g/mol. The Kier molecular flexibility index (Phi) is 4.31. The highest BCUT2D eigenvalue weighted by Gasteiger charge is 2.12. The molecule has 17 heavy (non-hydrogen) atoms. The lowest BCUT2D eigenvalue weighted by Crippen LogP contribution is -2.11. The predicted molar refractivity (Wildman–Crippen MR) is 77.3 cm³/mol. The van der Waals surface area contributed by atoms with Crippen LogP contribution in [0.2, 0.25) is 0 Å². The average molecular weight is 311 g/mol. The molecule has 1 unspecified atom stereocenters. The van der Waals surface area contributed by atoms with Gasteiger partial charge in [0, 0.05) is 27.9 Å². The zero-order chi connectivity index (χ0) is 12.3. The smallest absolute Gasteiger partial charge is 0.0976 e.